The van der Waals surface area contributed by atoms with E-state index in [0.717, 1.165) is 35.3 Å². The second-order valence-corrected chi connectivity index (χ2v) is 5.59. The third kappa shape index (κ3) is 3.60. The van der Waals surface area contributed by atoms with Gasteiger partial charge in [-0.1, -0.05) is 62.4 Å². The van der Waals surface area contributed by atoms with Gasteiger partial charge in [-0.25, -0.2) is 0 Å². The molecule has 2 rings (SSSR count). The Morgan fingerprint density at radius 2 is 1.84 bits per heavy atom. The van der Waals surface area contributed by atoms with E-state index in [1.165, 1.54) is 12.8 Å². The van der Waals surface area contributed by atoms with E-state index in [1.54, 1.807) is 0 Å². The van der Waals surface area contributed by atoms with Crippen LogP contribution in [0.3, 0.4) is 0 Å². The maximum atomic E-state index is 4.38. The molecule has 0 aliphatic heterocycles. The summed E-state index contributed by atoms with van der Waals surface area (Å²) in [5, 5.41) is 9.78. The van der Waals surface area contributed by atoms with Crippen LogP contribution < -0.4 is 0 Å². The van der Waals surface area contributed by atoms with Crippen LogP contribution in [0, 0.1) is 0 Å². The zero-order chi connectivity index (χ0) is 13.5. The minimum absolute atomic E-state index is 0.978. The molecule has 1 aromatic carbocycles. The Kier molecular flexibility index (Phi) is 5.45. The molecule has 0 saturated carbocycles. The molecule has 0 amide bonds. The van der Waals surface area contributed by atoms with Crippen LogP contribution in [-0.2, 0) is 6.54 Å². The van der Waals surface area contributed by atoms with Crippen LogP contribution in [0.2, 0.25) is 0 Å². The molecule has 0 bridgehead atoms. The molecule has 4 heteroatoms. The monoisotopic (exact) mass is 275 g/mol. The number of rotatable bonds is 7. The van der Waals surface area contributed by atoms with Crippen LogP contribution in [0.25, 0.3) is 11.4 Å². The van der Waals surface area contributed by atoms with Crippen LogP contribution in [0.4, 0.5) is 0 Å². The van der Waals surface area contributed by atoms with Gasteiger partial charge in [-0.15, -0.1) is 10.2 Å². The number of benzene rings is 1. The predicted octanol–water partition coefficient (Wildman–Crippen LogP) is 4.25. The van der Waals surface area contributed by atoms with Crippen LogP contribution >= 0.6 is 11.8 Å². The number of hydrogen-bond acceptors (Lipinski definition) is 3. The molecule has 0 unspecified atom stereocenters. The first kappa shape index (κ1) is 14.1. The van der Waals surface area contributed by atoms with Crippen molar-refractivity contribution in [3.8, 4) is 11.4 Å². The van der Waals surface area contributed by atoms with Crippen LogP contribution in [-0.4, -0.2) is 20.5 Å². The van der Waals surface area contributed by atoms with Gasteiger partial charge in [0.1, 0.15) is 0 Å². The molecule has 0 atom stereocenters. The summed E-state index contributed by atoms with van der Waals surface area (Å²) in [6, 6.07) is 10.3. The highest BCUT2D eigenvalue weighted by Crippen LogP contribution is 2.24. The number of aromatic nitrogens is 3. The summed E-state index contributed by atoms with van der Waals surface area (Å²) in [5.41, 5.74) is 1.14. The number of nitrogens with zero attached hydrogens (tertiary/aromatic N) is 3. The summed E-state index contributed by atoms with van der Waals surface area (Å²) < 4.78 is 2.25. The van der Waals surface area contributed by atoms with Gasteiger partial charge in [0.15, 0.2) is 11.0 Å². The zero-order valence-corrected chi connectivity index (χ0v) is 12.5. The minimum atomic E-state index is 0.978. The fourth-order valence-corrected chi connectivity index (χ4v) is 2.98. The smallest absolute Gasteiger partial charge is 0.191 e. The summed E-state index contributed by atoms with van der Waals surface area (Å²) >= 11 is 1.82. The zero-order valence-electron chi connectivity index (χ0n) is 11.7. The molecule has 3 nitrogen and oxygen atoms in total. The van der Waals surface area contributed by atoms with E-state index in [2.05, 4.69) is 40.7 Å². The summed E-state index contributed by atoms with van der Waals surface area (Å²) in [4.78, 5) is 0. The fourth-order valence-electron chi connectivity index (χ4n) is 1.93. The molecule has 1 aromatic heterocycles. The van der Waals surface area contributed by atoms with E-state index in [-0.39, 0.29) is 0 Å². The summed E-state index contributed by atoms with van der Waals surface area (Å²) in [5.74, 6) is 2.11. The molecule has 19 heavy (non-hydrogen) atoms. The Morgan fingerprint density at radius 1 is 1.05 bits per heavy atom. The first-order valence-electron chi connectivity index (χ1n) is 6.98. The number of unbranched alkanes of at least 4 members (excludes halogenated alkanes) is 1. The van der Waals surface area contributed by atoms with E-state index < -0.39 is 0 Å². The first-order valence-corrected chi connectivity index (χ1v) is 7.96. The van der Waals surface area contributed by atoms with Crippen molar-refractivity contribution in [2.24, 2.45) is 0 Å². The van der Waals surface area contributed by atoms with E-state index in [1.807, 2.05) is 30.0 Å². The average Bonchev–Trinajstić information content (AvgIpc) is 2.84. The first-order chi connectivity index (χ1) is 9.36. The maximum Gasteiger partial charge on any atom is 0.191 e. The Hall–Kier alpha value is -1.29. The quantitative estimate of drug-likeness (QED) is 0.559. The highest BCUT2D eigenvalue weighted by atomic mass is 32.2. The fraction of sp³-hybridized carbons (Fsp3) is 0.467. The van der Waals surface area contributed by atoms with E-state index >= 15 is 0 Å². The molecule has 0 aliphatic rings. The van der Waals surface area contributed by atoms with Crippen molar-refractivity contribution >= 4 is 11.8 Å². The summed E-state index contributed by atoms with van der Waals surface area (Å²) in [6.45, 7) is 5.38. The standard InChI is InChI=1S/C15H21N3S/c1-3-5-12-19-15-17-16-14(18(15)11-4-2)13-9-7-6-8-10-13/h6-10H,3-5,11-12H2,1-2H3. The Morgan fingerprint density at radius 3 is 2.53 bits per heavy atom. The van der Waals surface area contributed by atoms with Crippen LogP contribution in [0.1, 0.15) is 33.1 Å². The van der Waals surface area contributed by atoms with E-state index in [9.17, 15) is 0 Å². The van der Waals surface area contributed by atoms with Gasteiger partial charge in [-0.2, -0.15) is 0 Å². The van der Waals surface area contributed by atoms with Gasteiger partial charge in [-0.05, 0) is 12.8 Å². The number of hydrogen-bond donors (Lipinski definition) is 0. The molecule has 0 N–H and O–H groups in total. The molecule has 1 heterocycles. The Labute approximate surface area is 119 Å². The minimum Gasteiger partial charge on any atom is -0.302 e. The molecular weight excluding hydrogens is 254 g/mol. The SMILES string of the molecule is CCCCSc1nnc(-c2ccccc2)n1CCC. The predicted molar refractivity (Wildman–Crippen MR) is 81.4 cm³/mol. The van der Waals surface area contributed by atoms with Crippen molar-refractivity contribution in [1.29, 1.82) is 0 Å². The highest BCUT2D eigenvalue weighted by Gasteiger charge is 2.12. The van der Waals surface area contributed by atoms with Crippen molar-refractivity contribution in [1.82, 2.24) is 14.8 Å². The van der Waals surface area contributed by atoms with Crippen LogP contribution in [0.5, 0.6) is 0 Å². The largest absolute Gasteiger partial charge is 0.302 e. The lowest BCUT2D eigenvalue weighted by Crippen LogP contribution is -2.02. The van der Waals surface area contributed by atoms with Gasteiger partial charge < -0.3 is 4.57 Å². The highest BCUT2D eigenvalue weighted by molar-refractivity contribution is 7.99. The summed E-state index contributed by atoms with van der Waals surface area (Å²) in [6.07, 6.45) is 3.55. The molecule has 0 aliphatic carbocycles. The lowest BCUT2D eigenvalue weighted by molar-refractivity contribution is 0.626. The van der Waals surface area contributed by atoms with Crippen molar-refractivity contribution < 1.29 is 0 Å². The van der Waals surface area contributed by atoms with Crippen molar-refractivity contribution in [3.63, 3.8) is 0 Å². The second kappa shape index (κ2) is 7.34. The maximum absolute atomic E-state index is 4.38. The van der Waals surface area contributed by atoms with Gasteiger partial charge in [0, 0.05) is 17.9 Å². The third-order valence-corrected chi connectivity index (χ3v) is 3.98. The second-order valence-electron chi connectivity index (χ2n) is 4.53. The molecule has 2 aromatic rings. The van der Waals surface area contributed by atoms with Crippen molar-refractivity contribution in [2.45, 2.75) is 44.8 Å². The molecular formula is C15H21N3S. The van der Waals surface area contributed by atoms with Crippen molar-refractivity contribution in [3.05, 3.63) is 30.3 Å². The normalized spacial score (nSPS) is 10.8. The van der Waals surface area contributed by atoms with Crippen LogP contribution in [0.15, 0.2) is 35.5 Å². The van der Waals surface area contributed by atoms with E-state index in [4.69, 9.17) is 0 Å². The average molecular weight is 275 g/mol. The molecule has 0 radical (unpaired) electrons. The van der Waals surface area contributed by atoms with Gasteiger partial charge in [0.05, 0.1) is 0 Å². The van der Waals surface area contributed by atoms with Gasteiger partial charge in [0.2, 0.25) is 0 Å². The van der Waals surface area contributed by atoms with Gasteiger partial charge in [0.25, 0.3) is 0 Å². The lowest BCUT2D eigenvalue weighted by Gasteiger charge is -2.08. The van der Waals surface area contributed by atoms with Gasteiger partial charge in [-0.3, -0.25) is 0 Å². The molecule has 102 valence electrons. The molecule has 0 saturated heterocycles. The topological polar surface area (TPSA) is 30.7 Å². The lowest BCUT2D eigenvalue weighted by atomic mass is 10.2. The van der Waals surface area contributed by atoms with Crippen molar-refractivity contribution in [2.75, 3.05) is 5.75 Å². The summed E-state index contributed by atoms with van der Waals surface area (Å²) in [7, 11) is 0. The Balaban J connectivity index is 2.24. The molecule has 0 fully saturated rings. The molecule has 0 spiro atoms. The Bertz CT molecular complexity index is 493. The number of thioether (sulfide) groups is 1. The van der Waals surface area contributed by atoms with Gasteiger partial charge >= 0.3 is 0 Å². The third-order valence-electron chi connectivity index (χ3n) is 2.93. The van der Waals surface area contributed by atoms with E-state index in [0.29, 0.717) is 0 Å².